The predicted octanol–water partition coefficient (Wildman–Crippen LogP) is 5.87. The first kappa shape index (κ1) is 30.0. The van der Waals surface area contributed by atoms with Crippen LogP contribution in [-0.4, -0.2) is 66.1 Å². The average Bonchev–Trinajstić information content (AvgIpc) is 3.43. The minimum atomic E-state index is -0.915. The van der Waals surface area contributed by atoms with Crippen LogP contribution in [-0.2, 0) is 11.3 Å². The second kappa shape index (κ2) is 13.2. The Balaban J connectivity index is 1.31. The molecule has 0 bridgehead atoms. The first-order valence-electron chi connectivity index (χ1n) is 14.5. The van der Waals surface area contributed by atoms with Crippen molar-refractivity contribution >= 4 is 28.5 Å². The van der Waals surface area contributed by atoms with E-state index in [0.717, 1.165) is 16.5 Å². The van der Waals surface area contributed by atoms with Gasteiger partial charge in [0.1, 0.15) is 29.5 Å². The molecule has 10 heteroatoms. The van der Waals surface area contributed by atoms with Crippen LogP contribution < -0.4 is 15.4 Å². The van der Waals surface area contributed by atoms with Gasteiger partial charge >= 0.3 is 6.03 Å². The van der Waals surface area contributed by atoms with Gasteiger partial charge in [0.2, 0.25) is 5.91 Å². The van der Waals surface area contributed by atoms with Crippen molar-refractivity contribution in [2.75, 3.05) is 32.5 Å². The summed E-state index contributed by atoms with van der Waals surface area (Å²) < 4.78 is 33.6. The number of aromatic nitrogens is 1. The summed E-state index contributed by atoms with van der Waals surface area (Å²) in [6.07, 6.45) is 2.97. The van der Waals surface area contributed by atoms with Crippen LogP contribution >= 0.6 is 0 Å². The number of nitrogens with one attached hydrogen (secondary N) is 3. The number of halogens is 2. The molecule has 2 atom stereocenters. The SMILES string of the molecule is CC(c1c[nH]c2ccccc12)C(NC(=O)N1CCC(Oc2ccc(F)cc2)CC1)C(=O)Nc1ccc(F)c(CN(C)C)c1. The lowest BCUT2D eigenvalue weighted by Crippen LogP contribution is -2.53. The van der Waals surface area contributed by atoms with Crippen molar-refractivity contribution in [3.8, 4) is 5.75 Å². The summed E-state index contributed by atoms with van der Waals surface area (Å²) in [4.78, 5) is 34.1. The number of amides is 3. The number of hydrogen-bond donors (Lipinski definition) is 3. The molecule has 226 valence electrons. The second-order valence-electron chi connectivity index (χ2n) is 11.3. The third-order valence-corrected chi connectivity index (χ3v) is 7.82. The van der Waals surface area contributed by atoms with E-state index in [9.17, 15) is 18.4 Å². The number of benzene rings is 3. The minimum Gasteiger partial charge on any atom is -0.490 e. The Kier molecular flexibility index (Phi) is 9.25. The van der Waals surface area contributed by atoms with Gasteiger partial charge < -0.3 is 30.2 Å². The lowest BCUT2D eigenvalue weighted by molar-refractivity contribution is -0.118. The molecule has 1 aliphatic rings. The van der Waals surface area contributed by atoms with E-state index in [0.29, 0.717) is 49.5 Å². The van der Waals surface area contributed by atoms with Crippen LogP contribution in [0.2, 0.25) is 0 Å². The number of urea groups is 1. The summed E-state index contributed by atoms with van der Waals surface area (Å²) in [5.74, 6) is -0.879. The fourth-order valence-electron chi connectivity index (χ4n) is 5.51. The highest BCUT2D eigenvalue weighted by molar-refractivity contribution is 5.98. The zero-order valence-electron chi connectivity index (χ0n) is 24.6. The van der Waals surface area contributed by atoms with Gasteiger partial charge in [0.25, 0.3) is 0 Å². The Morgan fingerprint density at radius 1 is 1.05 bits per heavy atom. The Morgan fingerprint density at radius 2 is 1.77 bits per heavy atom. The zero-order valence-corrected chi connectivity index (χ0v) is 24.6. The largest absolute Gasteiger partial charge is 0.490 e. The van der Waals surface area contributed by atoms with E-state index in [2.05, 4.69) is 15.6 Å². The van der Waals surface area contributed by atoms with Crippen molar-refractivity contribution in [3.05, 3.63) is 95.7 Å². The number of rotatable bonds is 9. The molecule has 2 heterocycles. The molecule has 8 nitrogen and oxygen atoms in total. The molecule has 1 fully saturated rings. The predicted molar refractivity (Wildman–Crippen MR) is 163 cm³/mol. The highest BCUT2D eigenvalue weighted by atomic mass is 19.1. The van der Waals surface area contributed by atoms with Crippen molar-refractivity contribution in [1.82, 2.24) is 20.1 Å². The third-order valence-electron chi connectivity index (χ3n) is 7.82. The summed E-state index contributed by atoms with van der Waals surface area (Å²) in [5, 5.41) is 6.86. The van der Waals surface area contributed by atoms with Gasteiger partial charge in [-0.2, -0.15) is 0 Å². The summed E-state index contributed by atoms with van der Waals surface area (Å²) in [7, 11) is 3.69. The number of carbonyl (C=O) groups excluding carboxylic acids is 2. The van der Waals surface area contributed by atoms with Crippen molar-refractivity contribution < 1.29 is 23.1 Å². The van der Waals surface area contributed by atoms with E-state index in [1.807, 2.05) is 56.4 Å². The maximum atomic E-state index is 14.4. The first-order chi connectivity index (χ1) is 20.7. The average molecular weight is 590 g/mol. The molecule has 0 aliphatic carbocycles. The van der Waals surface area contributed by atoms with Crippen LogP contribution in [0.15, 0.2) is 72.9 Å². The Bertz CT molecular complexity index is 1560. The number of fused-ring (bicyclic) bond motifs is 1. The monoisotopic (exact) mass is 589 g/mol. The van der Waals surface area contributed by atoms with Crippen LogP contribution in [0.3, 0.4) is 0 Å². The zero-order chi connectivity index (χ0) is 30.5. The van der Waals surface area contributed by atoms with E-state index in [-0.39, 0.29) is 29.7 Å². The molecule has 1 aliphatic heterocycles. The molecule has 1 aromatic heterocycles. The molecule has 5 rings (SSSR count). The molecule has 2 unspecified atom stereocenters. The van der Waals surface area contributed by atoms with E-state index in [1.165, 1.54) is 24.3 Å². The quantitative estimate of drug-likeness (QED) is 0.228. The Hall–Kier alpha value is -4.44. The number of H-pyrrole nitrogens is 1. The number of likely N-dealkylation sites (tertiary alicyclic amines) is 1. The second-order valence-corrected chi connectivity index (χ2v) is 11.3. The van der Waals surface area contributed by atoms with Gasteiger partial charge in [-0.3, -0.25) is 4.79 Å². The van der Waals surface area contributed by atoms with Crippen molar-refractivity contribution in [1.29, 1.82) is 0 Å². The maximum Gasteiger partial charge on any atom is 0.318 e. The molecule has 3 amide bonds. The molecule has 1 saturated heterocycles. The molecular formula is C33H37F2N5O3. The highest BCUT2D eigenvalue weighted by Crippen LogP contribution is 2.29. The van der Waals surface area contributed by atoms with Gasteiger partial charge in [-0.1, -0.05) is 25.1 Å². The maximum absolute atomic E-state index is 14.4. The van der Waals surface area contributed by atoms with Gasteiger partial charge in [-0.25, -0.2) is 13.6 Å². The van der Waals surface area contributed by atoms with Crippen LogP contribution in [0.1, 0.15) is 36.8 Å². The first-order valence-corrected chi connectivity index (χ1v) is 14.5. The third kappa shape index (κ3) is 7.32. The lowest BCUT2D eigenvalue weighted by Gasteiger charge is -2.34. The van der Waals surface area contributed by atoms with Gasteiger partial charge in [0, 0.05) is 66.7 Å². The van der Waals surface area contributed by atoms with E-state index in [1.54, 1.807) is 23.1 Å². The van der Waals surface area contributed by atoms with Crippen LogP contribution in [0, 0.1) is 11.6 Å². The molecule has 4 aromatic rings. The molecule has 0 spiro atoms. The number of piperidine rings is 1. The smallest absolute Gasteiger partial charge is 0.318 e. The van der Waals surface area contributed by atoms with Crippen LogP contribution in [0.4, 0.5) is 19.3 Å². The number of hydrogen-bond acceptors (Lipinski definition) is 4. The summed E-state index contributed by atoms with van der Waals surface area (Å²) >= 11 is 0. The van der Waals surface area contributed by atoms with E-state index < -0.39 is 11.9 Å². The summed E-state index contributed by atoms with van der Waals surface area (Å²) in [5.41, 5.74) is 2.74. The van der Waals surface area contributed by atoms with Crippen LogP contribution in [0.25, 0.3) is 10.9 Å². The number of carbonyl (C=O) groups is 2. The van der Waals surface area contributed by atoms with Crippen molar-refractivity contribution in [2.45, 2.75) is 44.4 Å². The summed E-state index contributed by atoms with van der Waals surface area (Å²) in [6.45, 7) is 3.17. The summed E-state index contributed by atoms with van der Waals surface area (Å²) in [6, 6.07) is 16.9. The standard InChI is InChI=1S/C33H37F2N5O3/c1-21(28-19-36-30-7-5-4-6-27(28)30)31(32(41)37-24-10-13-29(35)22(18-24)20-39(2)3)38-33(42)40-16-14-26(15-17-40)43-25-11-8-23(34)9-12-25/h4-13,18-19,21,26,31,36H,14-17,20H2,1-3H3,(H,37,41)(H,38,42). The fourth-order valence-corrected chi connectivity index (χ4v) is 5.51. The van der Waals surface area contributed by atoms with Crippen LogP contribution in [0.5, 0.6) is 5.75 Å². The normalized spacial score (nSPS) is 15.3. The number of nitrogens with zero attached hydrogens (tertiary/aromatic N) is 2. The van der Waals surface area contributed by atoms with Gasteiger partial charge in [-0.05, 0) is 68.2 Å². The molecular weight excluding hydrogens is 552 g/mol. The van der Waals surface area contributed by atoms with Gasteiger partial charge in [0.05, 0.1) is 0 Å². The van der Waals surface area contributed by atoms with Gasteiger partial charge in [-0.15, -0.1) is 0 Å². The van der Waals surface area contributed by atoms with E-state index in [4.69, 9.17) is 4.74 Å². The molecule has 43 heavy (non-hydrogen) atoms. The van der Waals surface area contributed by atoms with Gasteiger partial charge in [0.15, 0.2) is 0 Å². The number of aromatic amines is 1. The molecule has 3 aromatic carbocycles. The molecule has 3 N–H and O–H groups in total. The molecule has 0 radical (unpaired) electrons. The Labute approximate surface area is 250 Å². The van der Waals surface area contributed by atoms with Crippen molar-refractivity contribution in [3.63, 3.8) is 0 Å². The number of para-hydroxylation sites is 1. The lowest BCUT2D eigenvalue weighted by atomic mass is 9.92. The number of ether oxygens (including phenoxy) is 1. The topological polar surface area (TPSA) is 89.7 Å². The van der Waals surface area contributed by atoms with Crippen molar-refractivity contribution in [2.24, 2.45) is 0 Å². The highest BCUT2D eigenvalue weighted by Gasteiger charge is 2.33. The fraction of sp³-hybridized carbons (Fsp3) is 0.333. The molecule has 0 saturated carbocycles. The van der Waals surface area contributed by atoms with E-state index >= 15 is 0 Å². The minimum absolute atomic E-state index is 0.103. The number of anilines is 1. The Morgan fingerprint density at radius 3 is 2.49 bits per heavy atom.